The van der Waals surface area contributed by atoms with E-state index in [1.165, 1.54) is 6.20 Å². The standard InChI is InChI=1S/C14H14BrClN2O/c1-14(19,7-9-2-4-10(15)5-3-9)12-6-11(16)8-18-13(12)17/h2-6,8,19H,7H2,1H3,(H2,17,18). The van der Waals surface area contributed by atoms with Crippen molar-refractivity contribution in [2.75, 3.05) is 5.73 Å². The summed E-state index contributed by atoms with van der Waals surface area (Å²) in [6, 6.07) is 9.43. The van der Waals surface area contributed by atoms with E-state index in [2.05, 4.69) is 20.9 Å². The number of benzene rings is 1. The predicted octanol–water partition coefficient (Wildman–Crippen LogP) is 3.53. The van der Waals surface area contributed by atoms with Gasteiger partial charge in [-0.1, -0.05) is 39.7 Å². The summed E-state index contributed by atoms with van der Waals surface area (Å²) in [5.41, 5.74) is 6.25. The van der Waals surface area contributed by atoms with Crippen LogP contribution in [0.15, 0.2) is 41.0 Å². The number of pyridine rings is 1. The molecular weight excluding hydrogens is 328 g/mol. The maximum Gasteiger partial charge on any atom is 0.129 e. The molecule has 2 rings (SSSR count). The summed E-state index contributed by atoms with van der Waals surface area (Å²) in [6.45, 7) is 1.71. The van der Waals surface area contributed by atoms with Crippen molar-refractivity contribution in [1.29, 1.82) is 0 Å². The van der Waals surface area contributed by atoms with Crippen molar-refractivity contribution in [3.05, 3.63) is 57.2 Å². The van der Waals surface area contributed by atoms with E-state index in [0.717, 1.165) is 10.0 Å². The monoisotopic (exact) mass is 340 g/mol. The van der Waals surface area contributed by atoms with Crippen molar-refractivity contribution >= 4 is 33.3 Å². The average Bonchev–Trinajstić information content (AvgIpc) is 2.35. The van der Waals surface area contributed by atoms with Crippen LogP contribution in [0, 0.1) is 0 Å². The van der Waals surface area contributed by atoms with Crippen LogP contribution in [0.25, 0.3) is 0 Å². The van der Waals surface area contributed by atoms with Crippen molar-refractivity contribution in [1.82, 2.24) is 4.98 Å². The van der Waals surface area contributed by atoms with Gasteiger partial charge in [0.05, 0.1) is 10.6 Å². The lowest BCUT2D eigenvalue weighted by atomic mass is 9.89. The molecule has 0 aliphatic heterocycles. The second kappa shape index (κ2) is 5.49. The van der Waals surface area contributed by atoms with Gasteiger partial charge in [0.1, 0.15) is 5.82 Å². The maximum absolute atomic E-state index is 10.6. The first-order valence-corrected chi connectivity index (χ1v) is 6.94. The number of nitrogen functional groups attached to an aromatic ring is 1. The highest BCUT2D eigenvalue weighted by Gasteiger charge is 2.27. The molecule has 0 saturated carbocycles. The fraction of sp³-hybridized carbons (Fsp3) is 0.214. The Hall–Kier alpha value is -1.10. The van der Waals surface area contributed by atoms with Gasteiger partial charge >= 0.3 is 0 Å². The third kappa shape index (κ3) is 3.47. The van der Waals surface area contributed by atoms with Crippen LogP contribution in [-0.2, 0) is 12.0 Å². The van der Waals surface area contributed by atoms with Crippen molar-refractivity contribution in [3.63, 3.8) is 0 Å². The largest absolute Gasteiger partial charge is 0.385 e. The second-order valence-corrected chi connectivity index (χ2v) is 6.02. The van der Waals surface area contributed by atoms with Gasteiger partial charge in [0.15, 0.2) is 0 Å². The lowest BCUT2D eigenvalue weighted by molar-refractivity contribution is 0.0581. The van der Waals surface area contributed by atoms with Crippen LogP contribution < -0.4 is 5.73 Å². The molecule has 0 radical (unpaired) electrons. The van der Waals surface area contributed by atoms with Crippen LogP contribution in [0.4, 0.5) is 5.82 Å². The Balaban J connectivity index is 2.31. The molecule has 19 heavy (non-hydrogen) atoms. The number of hydrogen-bond acceptors (Lipinski definition) is 3. The molecule has 3 nitrogen and oxygen atoms in total. The zero-order valence-electron chi connectivity index (χ0n) is 10.4. The summed E-state index contributed by atoms with van der Waals surface area (Å²) in [6.07, 6.45) is 1.91. The van der Waals surface area contributed by atoms with Gasteiger partial charge in [0, 0.05) is 22.7 Å². The van der Waals surface area contributed by atoms with Gasteiger partial charge < -0.3 is 10.8 Å². The maximum atomic E-state index is 10.6. The quantitative estimate of drug-likeness (QED) is 0.898. The van der Waals surface area contributed by atoms with E-state index in [9.17, 15) is 5.11 Å². The minimum absolute atomic E-state index is 0.298. The highest BCUT2D eigenvalue weighted by Crippen LogP contribution is 2.30. The van der Waals surface area contributed by atoms with Gasteiger partial charge in [-0.3, -0.25) is 0 Å². The van der Waals surface area contributed by atoms with Crippen LogP contribution >= 0.6 is 27.5 Å². The minimum atomic E-state index is -1.12. The van der Waals surface area contributed by atoms with E-state index in [4.69, 9.17) is 17.3 Å². The molecule has 1 heterocycles. The molecule has 1 atom stereocenters. The summed E-state index contributed by atoms with van der Waals surface area (Å²) < 4.78 is 1.000. The Bertz CT molecular complexity index is 584. The van der Waals surface area contributed by atoms with Gasteiger partial charge in [0.25, 0.3) is 0 Å². The summed E-state index contributed by atoms with van der Waals surface area (Å²) in [5, 5.41) is 11.1. The van der Waals surface area contributed by atoms with Crippen LogP contribution in [0.2, 0.25) is 5.02 Å². The van der Waals surface area contributed by atoms with E-state index < -0.39 is 5.60 Å². The number of aromatic nitrogens is 1. The summed E-state index contributed by atoms with van der Waals surface area (Å²) in [4.78, 5) is 3.98. The van der Waals surface area contributed by atoms with Gasteiger partial charge in [0.2, 0.25) is 0 Å². The molecule has 3 N–H and O–H groups in total. The Morgan fingerprint density at radius 2 is 2.00 bits per heavy atom. The first-order valence-electron chi connectivity index (χ1n) is 5.77. The van der Waals surface area contributed by atoms with Crippen molar-refractivity contribution in [2.24, 2.45) is 0 Å². The smallest absolute Gasteiger partial charge is 0.129 e. The van der Waals surface area contributed by atoms with Crippen molar-refractivity contribution in [3.8, 4) is 0 Å². The summed E-state index contributed by atoms with van der Waals surface area (Å²) in [5.74, 6) is 0.298. The lowest BCUT2D eigenvalue weighted by Crippen LogP contribution is -2.26. The van der Waals surface area contributed by atoms with E-state index in [1.54, 1.807) is 13.0 Å². The van der Waals surface area contributed by atoms with Gasteiger partial charge in [-0.25, -0.2) is 4.98 Å². The van der Waals surface area contributed by atoms with Crippen LogP contribution in [0.1, 0.15) is 18.1 Å². The van der Waals surface area contributed by atoms with E-state index in [0.29, 0.717) is 22.8 Å². The second-order valence-electron chi connectivity index (χ2n) is 4.66. The predicted molar refractivity (Wildman–Crippen MR) is 81.1 cm³/mol. The normalized spacial score (nSPS) is 14.1. The first-order chi connectivity index (χ1) is 8.88. The summed E-state index contributed by atoms with van der Waals surface area (Å²) in [7, 11) is 0. The van der Waals surface area contributed by atoms with Crippen molar-refractivity contribution < 1.29 is 5.11 Å². The van der Waals surface area contributed by atoms with Gasteiger partial charge in [-0.15, -0.1) is 0 Å². The molecule has 0 amide bonds. The number of nitrogens with zero attached hydrogens (tertiary/aromatic N) is 1. The first kappa shape index (κ1) is 14.3. The molecule has 0 aliphatic carbocycles. The topological polar surface area (TPSA) is 59.1 Å². The molecule has 0 aliphatic rings. The lowest BCUT2D eigenvalue weighted by Gasteiger charge is -2.25. The average molecular weight is 342 g/mol. The Morgan fingerprint density at radius 1 is 1.37 bits per heavy atom. The molecule has 1 aromatic carbocycles. The highest BCUT2D eigenvalue weighted by atomic mass is 79.9. The fourth-order valence-corrected chi connectivity index (χ4v) is 2.40. The molecule has 0 fully saturated rings. The van der Waals surface area contributed by atoms with E-state index in [1.807, 2.05) is 24.3 Å². The fourth-order valence-electron chi connectivity index (χ4n) is 1.98. The Morgan fingerprint density at radius 3 is 2.63 bits per heavy atom. The Kier molecular flexibility index (Phi) is 4.13. The SMILES string of the molecule is CC(O)(Cc1ccc(Br)cc1)c1cc(Cl)cnc1N. The third-order valence-electron chi connectivity index (χ3n) is 2.93. The number of nitrogens with two attached hydrogens (primary N) is 1. The Labute approximate surface area is 125 Å². The van der Waals surface area contributed by atoms with Crippen LogP contribution in [0.3, 0.4) is 0 Å². The molecule has 5 heteroatoms. The minimum Gasteiger partial charge on any atom is -0.385 e. The number of aliphatic hydroxyl groups is 1. The van der Waals surface area contributed by atoms with Crippen molar-refractivity contribution in [2.45, 2.75) is 18.9 Å². The van der Waals surface area contributed by atoms with Crippen LogP contribution in [0.5, 0.6) is 0 Å². The molecule has 1 unspecified atom stereocenters. The summed E-state index contributed by atoms with van der Waals surface area (Å²) >= 11 is 9.29. The third-order valence-corrected chi connectivity index (χ3v) is 3.66. The zero-order valence-corrected chi connectivity index (χ0v) is 12.7. The number of hydrogen-bond donors (Lipinski definition) is 2. The van der Waals surface area contributed by atoms with E-state index in [-0.39, 0.29) is 0 Å². The molecule has 100 valence electrons. The molecule has 0 bridgehead atoms. The van der Waals surface area contributed by atoms with E-state index >= 15 is 0 Å². The zero-order chi connectivity index (χ0) is 14.0. The van der Waals surface area contributed by atoms with Gasteiger partial charge in [-0.05, 0) is 30.7 Å². The highest BCUT2D eigenvalue weighted by molar-refractivity contribution is 9.10. The molecular formula is C14H14BrClN2O. The molecule has 0 spiro atoms. The molecule has 1 aromatic heterocycles. The molecule has 0 saturated heterocycles. The van der Waals surface area contributed by atoms with Crippen LogP contribution in [-0.4, -0.2) is 10.1 Å². The number of rotatable bonds is 3. The number of anilines is 1. The van der Waals surface area contributed by atoms with Gasteiger partial charge in [-0.2, -0.15) is 0 Å². The molecule has 2 aromatic rings. The number of halogens is 2.